The quantitative estimate of drug-likeness (QED) is 0.723. The Morgan fingerprint density at radius 3 is 2.69 bits per heavy atom. The van der Waals surface area contributed by atoms with Crippen LogP contribution in [0.25, 0.3) is 0 Å². The second-order valence-electron chi connectivity index (χ2n) is 7.68. The van der Waals surface area contributed by atoms with Crippen LogP contribution in [-0.4, -0.2) is 34.4 Å². The van der Waals surface area contributed by atoms with Crippen molar-refractivity contribution in [3.8, 4) is 0 Å². The summed E-state index contributed by atoms with van der Waals surface area (Å²) in [6.45, 7) is 0.0253. The molecule has 0 bridgehead atoms. The van der Waals surface area contributed by atoms with Gasteiger partial charge >= 0.3 is 5.97 Å². The van der Waals surface area contributed by atoms with Crippen molar-refractivity contribution in [2.45, 2.75) is 44.0 Å². The maximum Gasteiger partial charge on any atom is 0.354 e. The second-order valence-corrected chi connectivity index (χ2v) is 8.11. The maximum atomic E-state index is 13.5. The fourth-order valence-corrected chi connectivity index (χ4v) is 4.62. The number of fused-ring (bicyclic) bond motifs is 3. The van der Waals surface area contributed by atoms with Crippen LogP contribution in [0.3, 0.4) is 0 Å². The molecule has 0 N–H and O–H groups in total. The van der Waals surface area contributed by atoms with E-state index in [9.17, 15) is 14.4 Å². The first-order valence-corrected chi connectivity index (χ1v) is 10.1. The summed E-state index contributed by atoms with van der Waals surface area (Å²) >= 11 is 6.02. The van der Waals surface area contributed by atoms with Gasteiger partial charge in [0, 0.05) is 23.9 Å². The second kappa shape index (κ2) is 6.59. The van der Waals surface area contributed by atoms with E-state index in [4.69, 9.17) is 16.3 Å². The summed E-state index contributed by atoms with van der Waals surface area (Å²) in [7, 11) is 0. The lowest BCUT2D eigenvalue weighted by Crippen LogP contribution is -2.69. The molecule has 1 atom stereocenters. The molecule has 3 aliphatic rings. The Morgan fingerprint density at radius 1 is 1.14 bits per heavy atom. The molecule has 5 rings (SSSR count). The Kier molecular flexibility index (Phi) is 4.13. The van der Waals surface area contributed by atoms with Crippen molar-refractivity contribution in [3.63, 3.8) is 0 Å². The van der Waals surface area contributed by atoms with Crippen molar-refractivity contribution in [1.82, 2.24) is 4.90 Å². The van der Waals surface area contributed by atoms with Crippen LogP contribution >= 0.6 is 11.6 Å². The van der Waals surface area contributed by atoms with Crippen LogP contribution in [0.1, 0.15) is 41.6 Å². The first-order chi connectivity index (χ1) is 14.0. The van der Waals surface area contributed by atoms with Gasteiger partial charge in [-0.05, 0) is 42.7 Å². The van der Waals surface area contributed by atoms with Crippen molar-refractivity contribution in [3.05, 3.63) is 64.7 Å². The molecule has 0 radical (unpaired) electrons. The topological polar surface area (TPSA) is 66.9 Å². The molecular weight excluding hydrogens is 392 g/mol. The molecule has 6 nitrogen and oxygen atoms in total. The summed E-state index contributed by atoms with van der Waals surface area (Å²) < 4.78 is 5.66. The molecule has 2 aromatic rings. The smallest absolute Gasteiger partial charge is 0.354 e. The largest absolute Gasteiger partial charge is 0.458 e. The van der Waals surface area contributed by atoms with Gasteiger partial charge in [-0.1, -0.05) is 35.9 Å². The van der Waals surface area contributed by atoms with Crippen LogP contribution in [0.2, 0.25) is 5.02 Å². The van der Waals surface area contributed by atoms with Crippen molar-refractivity contribution >= 4 is 35.1 Å². The van der Waals surface area contributed by atoms with E-state index in [0.717, 1.165) is 18.4 Å². The fraction of sp³-hybridized carbons (Fsp3) is 0.318. The highest BCUT2D eigenvalue weighted by Crippen LogP contribution is 2.49. The fourth-order valence-electron chi connectivity index (χ4n) is 4.40. The number of carbonyl (C=O) groups is 3. The van der Waals surface area contributed by atoms with Crippen LogP contribution < -0.4 is 4.90 Å². The lowest BCUT2D eigenvalue weighted by atomic mass is 9.96. The monoisotopic (exact) mass is 410 g/mol. The zero-order chi connectivity index (χ0) is 20.2. The van der Waals surface area contributed by atoms with Gasteiger partial charge in [0.25, 0.3) is 5.91 Å². The number of ether oxygens (including phenoxy) is 1. The summed E-state index contributed by atoms with van der Waals surface area (Å²) in [5, 5.41) is 0.552. The van der Waals surface area contributed by atoms with Gasteiger partial charge in [0.1, 0.15) is 6.61 Å². The molecule has 148 valence electrons. The van der Waals surface area contributed by atoms with Crippen molar-refractivity contribution < 1.29 is 19.1 Å². The van der Waals surface area contributed by atoms with Gasteiger partial charge in [-0.25, -0.2) is 4.79 Å². The van der Waals surface area contributed by atoms with Crippen LogP contribution in [0.5, 0.6) is 0 Å². The maximum absolute atomic E-state index is 13.5. The van der Waals surface area contributed by atoms with E-state index in [1.54, 1.807) is 47.4 Å². The van der Waals surface area contributed by atoms with Crippen LogP contribution in [-0.2, 0) is 20.9 Å². The van der Waals surface area contributed by atoms with E-state index >= 15 is 0 Å². The molecule has 0 unspecified atom stereocenters. The summed E-state index contributed by atoms with van der Waals surface area (Å²) in [4.78, 5) is 42.7. The molecular formula is C22H19ClN2O4. The number of amides is 2. The average Bonchev–Trinajstić information content (AvgIpc) is 3.49. The molecule has 2 aromatic carbocycles. The number of anilines is 1. The molecule has 0 spiro atoms. The zero-order valence-electron chi connectivity index (χ0n) is 15.6. The van der Waals surface area contributed by atoms with Gasteiger partial charge in [0.15, 0.2) is 0 Å². The minimum Gasteiger partial charge on any atom is -0.458 e. The number of benzene rings is 2. The SMILES string of the molecule is O=C1CC[C@]2(C(=O)OCc3cccc(Cl)c3)N1c1ccccc1C(=O)N2C1CC1. The molecule has 29 heavy (non-hydrogen) atoms. The Morgan fingerprint density at radius 2 is 1.93 bits per heavy atom. The van der Waals surface area contributed by atoms with Gasteiger partial charge < -0.3 is 9.64 Å². The van der Waals surface area contributed by atoms with Gasteiger partial charge in [0.05, 0.1) is 11.3 Å². The molecule has 1 saturated heterocycles. The minimum atomic E-state index is -1.41. The number of rotatable bonds is 4. The van der Waals surface area contributed by atoms with E-state index in [2.05, 4.69) is 0 Å². The molecule has 1 aliphatic carbocycles. The molecule has 7 heteroatoms. The first-order valence-electron chi connectivity index (χ1n) is 9.70. The Balaban J connectivity index is 1.55. The highest BCUT2D eigenvalue weighted by Gasteiger charge is 2.64. The molecule has 0 aromatic heterocycles. The van der Waals surface area contributed by atoms with Crippen molar-refractivity contribution in [2.24, 2.45) is 0 Å². The Labute approximate surface area is 173 Å². The molecule has 2 aliphatic heterocycles. The molecule has 2 amide bonds. The van der Waals surface area contributed by atoms with Gasteiger partial charge in [0.2, 0.25) is 11.6 Å². The minimum absolute atomic E-state index is 0.0253. The number of hydrogen-bond donors (Lipinski definition) is 0. The van der Waals surface area contributed by atoms with E-state index in [-0.39, 0.29) is 37.3 Å². The van der Waals surface area contributed by atoms with Crippen molar-refractivity contribution in [2.75, 3.05) is 4.90 Å². The normalized spacial score (nSPS) is 23.1. The highest BCUT2D eigenvalue weighted by molar-refractivity contribution is 6.30. The van der Waals surface area contributed by atoms with Gasteiger partial charge in [-0.15, -0.1) is 0 Å². The number of halogens is 1. The third-order valence-electron chi connectivity index (χ3n) is 5.80. The van der Waals surface area contributed by atoms with Gasteiger partial charge in [-0.2, -0.15) is 0 Å². The van der Waals surface area contributed by atoms with Crippen LogP contribution in [0.4, 0.5) is 5.69 Å². The third kappa shape index (κ3) is 2.74. The lowest BCUT2D eigenvalue weighted by molar-refractivity contribution is -0.159. The van der Waals surface area contributed by atoms with E-state index in [1.807, 2.05) is 6.07 Å². The number of carbonyl (C=O) groups excluding carboxylic acids is 3. The predicted octanol–water partition coefficient (Wildman–Crippen LogP) is 3.52. The first kappa shape index (κ1) is 18.2. The number of nitrogens with zero attached hydrogens (tertiary/aromatic N) is 2. The number of hydrogen-bond acceptors (Lipinski definition) is 4. The summed E-state index contributed by atoms with van der Waals surface area (Å²) in [5.41, 5.74) is 0.269. The Bertz CT molecular complexity index is 1030. The number of para-hydroxylation sites is 1. The summed E-state index contributed by atoms with van der Waals surface area (Å²) in [5.74, 6) is -0.956. The molecule has 2 fully saturated rings. The Hall–Kier alpha value is -2.86. The van der Waals surface area contributed by atoms with Crippen LogP contribution in [0.15, 0.2) is 48.5 Å². The van der Waals surface area contributed by atoms with E-state index in [0.29, 0.717) is 16.3 Å². The molecule has 1 saturated carbocycles. The standard InChI is InChI=1S/C22H19ClN2O4/c23-15-5-3-4-14(12-15)13-29-21(28)22-11-10-19(26)25(22)18-7-2-1-6-17(18)20(27)24(22)16-8-9-16/h1-7,12,16H,8-11,13H2/t22-/m1/s1. The zero-order valence-corrected chi connectivity index (χ0v) is 16.4. The van der Waals surface area contributed by atoms with Crippen molar-refractivity contribution in [1.29, 1.82) is 0 Å². The average molecular weight is 411 g/mol. The van der Waals surface area contributed by atoms with E-state index in [1.165, 1.54) is 4.90 Å². The highest BCUT2D eigenvalue weighted by atomic mass is 35.5. The lowest BCUT2D eigenvalue weighted by Gasteiger charge is -2.48. The van der Waals surface area contributed by atoms with Gasteiger partial charge in [-0.3, -0.25) is 14.5 Å². The molecule has 2 heterocycles. The predicted molar refractivity (Wildman–Crippen MR) is 106 cm³/mol. The summed E-state index contributed by atoms with van der Waals surface area (Å²) in [6.07, 6.45) is 2.06. The number of esters is 1. The van der Waals surface area contributed by atoms with Crippen LogP contribution in [0, 0.1) is 0 Å². The van der Waals surface area contributed by atoms with E-state index < -0.39 is 11.6 Å². The summed E-state index contributed by atoms with van der Waals surface area (Å²) in [6, 6.07) is 14.0. The third-order valence-corrected chi connectivity index (χ3v) is 6.03.